The Morgan fingerprint density at radius 3 is 2.85 bits per heavy atom. The zero-order chi connectivity index (χ0) is 14.5. The Kier molecular flexibility index (Phi) is 5.38. The van der Waals surface area contributed by atoms with Crippen molar-refractivity contribution in [3.05, 3.63) is 33.7 Å². The quantitative estimate of drug-likeness (QED) is 0.868. The minimum Gasteiger partial charge on any atom is -0.376 e. The smallest absolute Gasteiger partial charge is 0.255 e. The number of hydrogen-bond donors (Lipinski definition) is 1. The van der Waals surface area contributed by atoms with Crippen LogP contribution in [-0.2, 0) is 17.8 Å². The van der Waals surface area contributed by atoms with Crippen molar-refractivity contribution in [2.24, 2.45) is 0 Å². The Morgan fingerprint density at radius 2 is 2.25 bits per heavy atom. The van der Waals surface area contributed by atoms with Crippen molar-refractivity contribution in [1.82, 2.24) is 9.88 Å². The molecule has 1 N–H and O–H groups in total. The summed E-state index contributed by atoms with van der Waals surface area (Å²) in [4.78, 5) is 12.7. The minimum absolute atomic E-state index is 0.132. The summed E-state index contributed by atoms with van der Waals surface area (Å²) >= 11 is 0. The first kappa shape index (κ1) is 15.3. The van der Waals surface area contributed by atoms with Gasteiger partial charge in [0.2, 0.25) is 0 Å². The molecule has 1 saturated heterocycles. The molecular weight excluding hydrogens is 252 g/mol. The number of rotatable bonds is 6. The van der Waals surface area contributed by atoms with Gasteiger partial charge >= 0.3 is 0 Å². The van der Waals surface area contributed by atoms with Gasteiger partial charge in [-0.3, -0.25) is 4.79 Å². The van der Waals surface area contributed by atoms with Crippen LogP contribution in [0.15, 0.2) is 16.9 Å². The predicted molar refractivity (Wildman–Crippen MR) is 81.1 cm³/mol. The molecule has 0 saturated carbocycles. The summed E-state index contributed by atoms with van der Waals surface area (Å²) in [5, 5.41) is 3.23. The molecule has 1 aliphatic heterocycles. The van der Waals surface area contributed by atoms with E-state index in [1.54, 1.807) is 0 Å². The minimum atomic E-state index is 0.132. The maximum absolute atomic E-state index is 12.7. The van der Waals surface area contributed by atoms with E-state index in [0.29, 0.717) is 19.0 Å². The molecule has 112 valence electrons. The van der Waals surface area contributed by atoms with Gasteiger partial charge < -0.3 is 14.6 Å². The molecule has 0 amide bonds. The van der Waals surface area contributed by atoms with Crippen molar-refractivity contribution < 1.29 is 4.74 Å². The van der Waals surface area contributed by atoms with Crippen LogP contribution in [0, 0.1) is 0 Å². The lowest BCUT2D eigenvalue weighted by Gasteiger charge is -2.20. The molecule has 4 heteroatoms. The third kappa shape index (κ3) is 3.49. The van der Waals surface area contributed by atoms with E-state index in [1.165, 1.54) is 0 Å². The third-order valence-electron chi connectivity index (χ3n) is 3.85. The highest BCUT2D eigenvalue weighted by molar-refractivity contribution is 5.18. The molecule has 20 heavy (non-hydrogen) atoms. The van der Waals surface area contributed by atoms with Crippen LogP contribution < -0.4 is 10.9 Å². The monoisotopic (exact) mass is 278 g/mol. The van der Waals surface area contributed by atoms with Crippen molar-refractivity contribution in [2.45, 2.75) is 58.7 Å². The fourth-order valence-electron chi connectivity index (χ4n) is 2.72. The number of ether oxygens (including phenoxy) is 1. The van der Waals surface area contributed by atoms with E-state index in [-0.39, 0.29) is 11.7 Å². The molecule has 4 nitrogen and oxygen atoms in total. The highest BCUT2D eigenvalue weighted by Crippen LogP contribution is 2.18. The van der Waals surface area contributed by atoms with E-state index < -0.39 is 0 Å². The predicted octanol–water partition coefficient (Wildman–Crippen LogP) is 2.26. The first-order valence-corrected chi connectivity index (χ1v) is 7.68. The van der Waals surface area contributed by atoms with Gasteiger partial charge in [-0.25, -0.2) is 0 Å². The lowest BCUT2D eigenvalue weighted by Crippen LogP contribution is -2.33. The summed E-state index contributed by atoms with van der Waals surface area (Å²) in [6.45, 7) is 9.33. The van der Waals surface area contributed by atoms with Crippen LogP contribution in [0.2, 0.25) is 0 Å². The van der Waals surface area contributed by atoms with Gasteiger partial charge in [0, 0.05) is 24.4 Å². The van der Waals surface area contributed by atoms with Crippen molar-refractivity contribution in [2.75, 3.05) is 13.2 Å². The average molecular weight is 278 g/mol. The van der Waals surface area contributed by atoms with E-state index in [4.69, 9.17) is 4.74 Å². The van der Waals surface area contributed by atoms with Crippen LogP contribution in [0.4, 0.5) is 0 Å². The number of aromatic nitrogens is 1. The summed E-state index contributed by atoms with van der Waals surface area (Å²) < 4.78 is 7.62. The van der Waals surface area contributed by atoms with Crippen LogP contribution in [0.3, 0.4) is 0 Å². The summed E-state index contributed by atoms with van der Waals surface area (Å²) in [5.41, 5.74) is 2.08. The highest BCUT2D eigenvalue weighted by Gasteiger charge is 2.19. The molecule has 1 aromatic heterocycles. The Morgan fingerprint density at radius 1 is 1.45 bits per heavy atom. The van der Waals surface area contributed by atoms with E-state index in [2.05, 4.69) is 25.2 Å². The van der Waals surface area contributed by atoms with Crippen LogP contribution >= 0.6 is 0 Å². The van der Waals surface area contributed by atoms with Gasteiger partial charge in [-0.05, 0) is 31.4 Å². The first-order valence-electron chi connectivity index (χ1n) is 7.68. The van der Waals surface area contributed by atoms with Gasteiger partial charge in [0.1, 0.15) is 0 Å². The van der Waals surface area contributed by atoms with Gasteiger partial charge in [-0.15, -0.1) is 0 Å². The van der Waals surface area contributed by atoms with Gasteiger partial charge in [0.05, 0.1) is 12.6 Å². The first-order chi connectivity index (χ1) is 9.63. The molecule has 0 bridgehead atoms. The molecule has 1 aromatic rings. The topological polar surface area (TPSA) is 43.3 Å². The number of pyridine rings is 1. The van der Waals surface area contributed by atoms with Crippen molar-refractivity contribution in [3.63, 3.8) is 0 Å². The molecule has 0 aliphatic carbocycles. The van der Waals surface area contributed by atoms with Gasteiger partial charge in [0.15, 0.2) is 0 Å². The average Bonchev–Trinajstić information content (AvgIpc) is 2.92. The van der Waals surface area contributed by atoms with E-state index in [0.717, 1.165) is 37.3 Å². The van der Waals surface area contributed by atoms with Crippen LogP contribution in [-0.4, -0.2) is 23.8 Å². The molecule has 0 radical (unpaired) electrons. The molecule has 2 heterocycles. The van der Waals surface area contributed by atoms with E-state index >= 15 is 0 Å². The van der Waals surface area contributed by atoms with Crippen molar-refractivity contribution in [1.29, 1.82) is 0 Å². The zero-order valence-electron chi connectivity index (χ0n) is 12.8. The van der Waals surface area contributed by atoms with Crippen molar-refractivity contribution >= 4 is 0 Å². The summed E-state index contributed by atoms with van der Waals surface area (Å²) in [7, 11) is 0. The summed E-state index contributed by atoms with van der Waals surface area (Å²) in [6, 6.07) is 4.06. The lowest BCUT2D eigenvalue weighted by molar-refractivity contribution is 0.0951. The lowest BCUT2D eigenvalue weighted by atomic mass is 10.1. The van der Waals surface area contributed by atoms with Crippen LogP contribution in [0.1, 0.15) is 50.8 Å². The summed E-state index contributed by atoms with van der Waals surface area (Å²) in [6.07, 6.45) is 2.36. The number of nitrogens with zero attached hydrogens (tertiary/aromatic N) is 1. The van der Waals surface area contributed by atoms with Crippen molar-refractivity contribution in [3.8, 4) is 0 Å². The normalized spacial score (nSPS) is 18.9. The Bertz CT molecular complexity index is 488. The Hall–Kier alpha value is -1.13. The molecule has 0 aromatic carbocycles. The molecule has 2 rings (SSSR count). The van der Waals surface area contributed by atoms with Gasteiger partial charge in [0.25, 0.3) is 5.56 Å². The Labute approximate surface area is 121 Å². The molecule has 1 fully saturated rings. The van der Waals surface area contributed by atoms with Gasteiger partial charge in [-0.2, -0.15) is 0 Å². The largest absolute Gasteiger partial charge is 0.376 e. The standard InChI is InChI=1S/C16H26N2O2/c1-4-17-10-13-7-8-15(12(2)3)18(16(13)19)11-14-6-5-9-20-14/h7-8,12,14,17H,4-6,9-11H2,1-3H3. The second-order valence-electron chi connectivity index (χ2n) is 5.77. The highest BCUT2D eigenvalue weighted by atomic mass is 16.5. The fraction of sp³-hybridized carbons (Fsp3) is 0.688. The Balaban J connectivity index is 2.30. The second kappa shape index (κ2) is 7.04. The zero-order valence-corrected chi connectivity index (χ0v) is 12.8. The maximum atomic E-state index is 12.7. The SMILES string of the molecule is CCNCc1ccc(C(C)C)n(CC2CCCO2)c1=O. The molecule has 1 atom stereocenters. The van der Waals surface area contributed by atoms with Gasteiger partial charge in [-0.1, -0.05) is 26.8 Å². The fourth-order valence-corrected chi connectivity index (χ4v) is 2.72. The summed E-state index contributed by atoms with van der Waals surface area (Å²) in [5.74, 6) is 0.345. The number of nitrogens with one attached hydrogen (secondary N) is 1. The number of hydrogen-bond acceptors (Lipinski definition) is 3. The maximum Gasteiger partial charge on any atom is 0.255 e. The molecule has 0 spiro atoms. The van der Waals surface area contributed by atoms with Crippen LogP contribution in [0.5, 0.6) is 0 Å². The third-order valence-corrected chi connectivity index (χ3v) is 3.85. The second-order valence-corrected chi connectivity index (χ2v) is 5.77. The van der Waals surface area contributed by atoms with Crippen LogP contribution in [0.25, 0.3) is 0 Å². The van der Waals surface area contributed by atoms with E-state index in [9.17, 15) is 4.79 Å². The molecule has 1 unspecified atom stereocenters. The molecular formula is C16H26N2O2. The molecule has 1 aliphatic rings. The van der Waals surface area contributed by atoms with E-state index in [1.807, 2.05) is 17.6 Å².